The van der Waals surface area contributed by atoms with Crippen molar-refractivity contribution in [3.8, 4) is 0 Å². The van der Waals surface area contributed by atoms with E-state index in [1.54, 1.807) is 12.1 Å². The molecule has 1 fully saturated rings. The first-order chi connectivity index (χ1) is 13.1. The number of aliphatic imine (C=N–C) groups is 1. The molecule has 1 aromatic carbocycles. The Morgan fingerprint density at radius 3 is 2.75 bits per heavy atom. The van der Waals surface area contributed by atoms with Crippen molar-refractivity contribution in [2.45, 2.75) is 51.5 Å². The first-order valence-electron chi connectivity index (χ1n) is 9.89. The van der Waals surface area contributed by atoms with Gasteiger partial charge in [-0.15, -0.1) is 24.0 Å². The Hall–Kier alpha value is -1.64. The van der Waals surface area contributed by atoms with Crippen LogP contribution in [0.5, 0.6) is 0 Å². The van der Waals surface area contributed by atoms with Gasteiger partial charge < -0.3 is 15.2 Å². The minimum atomic E-state index is -0.166. The molecule has 0 saturated heterocycles. The molecular weight excluding hydrogens is 468 g/mol. The first-order valence-corrected chi connectivity index (χ1v) is 9.89. The lowest BCUT2D eigenvalue weighted by Gasteiger charge is -2.16. The lowest BCUT2D eigenvalue weighted by molar-refractivity contribution is 0.587. The van der Waals surface area contributed by atoms with E-state index < -0.39 is 0 Å². The normalized spacial score (nSPS) is 15.0. The van der Waals surface area contributed by atoms with Gasteiger partial charge in [0.2, 0.25) is 0 Å². The lowest BCUT2D eigenvalue weighted by Crippen LogP contribution is -2.38. The van der Waals surface area contributed by atoms with Gasteiger partial charge in [0.1, 0.15) is 11.6 Å². The first kappa shape index (κ1) is 22.6. The van der Waals surface area contributed by atoms with Crippen LogP contribution in [0.15, 0.2) is 41.7 Å². The highest BCUT2D eigenvalue weighted by Crippen LogP contribution is 2.48. The highest BCUT2D eigenvalue weighted by atomic mass is 127. The molecule has 1 aliphatic rings. The molecule has 0 bridgehead atoms. The van der Waals surface area contributed by atoms with Crippen LogP contribution in [0.2, 0.25) is 0 Å². The van der Waals surface area contributed by atoms with Crippen molar-refractivity contribution in [3.63, 3.8) is 0 Å². The molecular formula is C21H31FIN5. The van der Waals surface area contributed by atoms with Crippen LogP contribution in [-0.4, -0.2) is 35.1 Å². The van der Waals surface area contributed by atoms with Gasteiger partial charge in [0, 0.05) is 37.4 Å². The molecule has 154 valence electrons. The zero-order chi connectivity index (χ0) is 19.1. The summed E-state index contributed by atoms with van der Waals surface area (Å²) in [6.07, 6.45) is 8.17. The fraction of sp³-hybridized carbons (Fsp3) is 0.524. The van der Waals surface area contributed by atoms with Crippen LogP contribution in [0.1, 0.15) is 44.0 Å². The Bertz CT molecular complexity index is 770. The van der Waals surface area contributed by atoms with Gasteiger partial charge in [0.25, 0.3) is 0 Å². The van der Waals surface area contributed by atoms with E-state index in [4.69, 9.17) is 4.99 Å². The van der Waals surface area contributed by atoms with Gasteiger partial charge in [0.15, 0.2) is 5.96 Å². The minimum Gasteiger partial charge on any atom is -0.357 e. The second-order valence-electron chi connectivity index (χ2n) is 7.29. The van der Waals surface area contributed by atoms with Gasteiger partial charge in [-0.3, -0.25) is 4.99 Å². The predicted molar refractivity (Wildman–Crippen MR) is 123 cm³/mol. The van der Waals surface area contributed by atoms with Crippen LogP contribution in [0, 0.1) is 12.7 Å². The fourth-order valence-electron chi connectivity index (χ4n) is 3.33. The minimum absolute atomic E-state index is 0. The number of aromatic nitrogens is 2. The molecule has 1 aromatic heterocycles. The summed E-state index contributed by atoms with van der Waals surface area (Å²) >= 11 is 0. The van der Waals surface area contributed by atoms with Crippen LogP contribution >= 0.6 is 24.0 Å². The van der Waals surface area contributed by atoms with E-state index in [0.29, 0.717) is 6.54 Å². The van der Waals surface area contributed by atoms with Crippen molar-refractivity contribution in [1.29, 1.82) is 0 Å². The molecule has 5 nitrogen and oxygen atoms in total. The quantitative estimate of drug-likeness (QED) is 0.237. The number of rotatable bonds is 9. The number of hydrogen-bond acceptors (Lipinski definition) is 2. The third kappa shape index (κ3) is 6.18. The molecule has 2 N–H and O–H groups in total. The van der Waals surface area contributed by atoms with Crippen molar-refractivity contribution in [2.75, 3.05) is 19.6 Å². The molecule has 1 heterocycles. The van der Waals surface area contributed by atoms with Crippen LogP contribution in [-0.2, 0) is 12.0 Å². The lowest BCUT2D eigenvalue weighted by atomic mass is 9.96. The number of halogens is 2. The second kappa shape index (κ2) is 10.8. The number of benzene rings is 1. The summed E-state index contributed by atoms with van der Waals surface area (Å²) in [5, 5.41) is 6.73. The van der Waals surface area contributed by atoms with Gasteiger partial charge in [0.05, 0.1) is 6.54 Å². The number of nitrogens with one attached hydrogen (secondary N) is 2. The number of nitrogens with zero attached hydrogens (tertiary/aromatic N) is 3. The molecule has 1 saturated carbocycles. The van der Waals surface area contributed by atoms with Crippen molar-refractivity contribution in [1.82, 2.24) is 20.2 Å². The van der Waals surface area contributed by atoms with Gasteiger partial charge in [-0.2, -0.15) is 0 Å². The van der Waals surface area contributed by atoms with Crippen LogP contribution in [0.3, 0.4) is 0 Å². The zero-order valence-corrected chi connectivity index (χ0v) is 19.1. The molecule has 0 amide bonds. The summed E-state index contributed by atoms with van der Waals surface area (Å²) in [7, 11) is 0. The van der Waals surface area contributed by atoms with Gasteiger partial charge in [-0.05, 0) is 57.2 Å². The number of hydrogen-bond donors (Lipinski definition) is 2. The molecule has 2 aromatic rings. The highest BCUT2D eigenvalue weighted by Gasteiger charge is 2.44. The third-order valence-corrected chi connectivity index (χ3v) is 5.22. The predicted octanol–water partition coefficient (Wildman–Crippen LogP) is 4.02. The number of aryl methyl sites for hydroxylation is 2. The Morgan fingerprint density at radius 2 is 2.11 bits per heavy atom. The Kier molecular flexibility index (Phi) is 8.72. The summed E-state index contributed by atoms with van der Waals surface area (Å²) in [5.74, 6) is 1.74. The van der Waals surface area contributed by atoms with Gasteiger partial charge in [-0.25, -0.2) is 9.37 Å². The van der Waals surface area contributed by atoms with Gasteiger partial charge in [-0.1, -0.05) is 12.1 Å². The monoisotopic (exact) mass is 499 g/mol. The Labute approximate surface area is 184 Å². The average molecular weight is 499 g/mol. The summed E-state index contributed by atoms with van der Waals surface area (Å²) in [4.78, 5) is 9.02. The maximum absolute atomic E-state index is 13.5. The second-order valence-corrected chi connectivity index (χ2v) is 7.29. The smallest absolute Gasteiger partial charge is 0.191 e. The maximum Gasteiger partial charge on any atom is 0.191 e. The number of unbranched alkanes of at least 4 members (excludes halogenated alkanes) is 1. The standard InChI is InChI=1S/C21H30FN5.HI/c1-3-23-20(25-11-4-5-13-27-14-12-24-17(27)2)26-16-21(9-10-21)18-7-6-8-19(22)15-18;/h6-8,12,14-15H,3-5,9-11,13,16H2,1-2H3,(H2,23,25,26);1H. The molecule has 0 spiro atoms. The van der Waals surface area contributed by atoms with E-state index >= 15 is 0 Å². The molecule has 1 aliphatic carbocycles. The molecule has 0 unspecified atom stereocenters. The van der Waals surface area contributed by atoms with Crippen molar-refractivity contribution in [2.24, 2.45) is 4.99 Å². The zero-order valence-electron chi connectivity index (χ0n) is 16.7. The van der Waals surface area contributed by atoms with Crippen LogP contribution < -0.4 is 10.6 Å². The van der Waals surface area contributed by atoms with Crippen molar-refractivity contribution in [3.05, 3.63) is 53.9 Å². The summed E-state index contributed by atoms with van der Waals surface area (Å²) < 4.78 is 15.7. The average Bonchev–Trinajstić information content (AvgIpc) is 3.35. The van der Waals surface area contributed by atoms with E-state index in [1.165, 1.54) is 6.07 Å². The van der Waals surface area contributed by atoms with Crippen LogP contribution in [0.4, 0.5) is 4.39 Å². The Balaban J connectivity index is 0.00000280. The Morgan fingerprint density at radius 1 is 1.29 bits per heavy atom. The van der Waals surface area contributed by atoms with E-state index in [0.717, 1.165) is 62.7 Å². The summed E-state index contributed by atoms with van der Waals surface area (Å²) in [6.45, 7) is 7.49. The molecule has 0 atom stereocenters. The van der Waals surface area contributed by atoms with Gasteiger partial charge >= 0.3 is 0 Å². The molecule has 0 aliphatic heterocycles. The SMILES string of the molecule is CCNC(=NCC1(c2cccc(F)c2)CC1)NCCCCn1ccnc1C.I. The molecule has 3 rings (SSSR count). The topological polar surface area (TPSA) is 54.2 Å². The van der Waals surface area contributed by atoms with E-state index in [9.17, 15) is 4.39 Å². The highest BCUT2D eigenvalue weighted by molar-refractivity contribution is 14.0. The van der Waals surface area contributed by atoms with E-state index in [1.807, 2.05) is 25.4 Å². The largest absolute Gasteiger partial charge is 0.357 e. The van der Waals surface area contributed by atoms with Crippen molar-refractivity contribution >= 4 is 29.9 Å². The fourth-order valence-corrected chi connectivity index (χ4v) is 3.33. The number of imidazole rings is 1. The van der Waals surface area contributed by atoms with Crippen molar-refractivity contribution < 1.29 is 4.39 Å². The van der Waals surface area contributed by atoms with Crippen LogP contribution in [0.25, 0.3) is 0 Å². The van der Waals surface area contributed by atoms with E-state index in [-0.39, 0.29) is 35.2 Å². The third-order valence-electron chi connectivity index (χ3n) is 5.22. The summed E-state index contributed by atoms with van der Waals surface area (Å²) in [5.41, 5.74) is 1.08. The molecule has 0 radical (unpaired) electrons. The summed E-state index contributed by atoms with van der Waals surface area (Å²) in [6, 6.07) is 6.96. The maximum atomic E-state index is 13.5. The number of guanidine groups is 1. The molecule has 7 heteroatoms. The molecule has 28 heavy (non-hydrogen) atoms. The van der Waals surface area contributed by atoms with E-state index in [2.05, 4.69) is 27.1 Å².